The van der Waals surface area contributed by atoms with Gasteiger partial charge in [0.15, 0.2) is 0 Å². The predicted octanol–water partition coefficient (Wildman–Crippen LogP) is 3.03. The van der Waals surface area contributed by atoms with Gasteiger partial charge < -0.3 is 15.2 Å². The molecule has 106 valence electrons. The highest BCUT2D eigenvalue weighted by molar-refractivity contribution is 5.96. The molecular formula is C16H14N2O3. The van der Waals surface area contributed by atoms with Crippen molar-refractivity contribution in [3.8, 4) is 17.6 Å². The number of anilines is 1. The number of nitriles is 1. The second-order valence-corrected chi connectivity index (χ2v) is 4.43. The van der Waals surface area contributed by atoms with Crippen LogP contribution in [0.1, 0.15) is 21.5 Å². The molecule has 0 fully saturated rings. The second kappa shape index (κ2) is 5.97. The predicted molar refractivity (Wildman–Crippen MR) is 78.2 cm³/mol. The van der Waals surface area contributed by atoms with Crippen molar-refractivity contribution in [3.05, 3.63) is 53.1 Å². The number of nitrogens with two attached hydrogens (primary N) is 1. The van der Waals surface area contributed by atoms with E-state index in [9.17, 15) is 4.79 Å². The highest BCUT2D eigenvalue weighted by Gasteiger charge is 2.14. The van der Waals surface area contributed by atoms with Gasteiger partial charge in [-0.2, -0.15) is 5.26 Å². The van der Waals surface area contributed by atoms with Crippen molar-refractivity contribution < 1.29 is 14.3 Å². The summed E-state index contributed by atoms with van der Waals surface area (Å²) in [5.41, 5.74) is 7.77. The van der Waals surface area contributed by atoms with Gasteiger partial charge in [0, 0.05) is 5.69 Å². The van der Waals surface area contributed by atoms with Crippen molar-refractivity contribution in [1.29, 1.82) is 5.26 Å². The number of aryl methyl sites for hydroxylation is 1. The largest absolute Gasteiger partial charge is 0.465 e. The van der Waals surface area contributed by atoms with Crippen LogP contribution in [0.4, 0.5) is 5.69 Å². The Hall–Kier alpha value is -3.00. The van der Waals surface area contributed by atoms with Crippen molar-refractivity contribution in [2.45, 2.75) is 6.92 Å². The molecule has 0 heterocycles. The summed E-state index contributed by atoms with van der Waals surface area (Å²) < 4.78 is 10.4. The Bertz CT molecular complexity index is 716. The molecule has 0 spiro atoms. The van der Waals surface area contributed by atoms with Gasteiger partial charge in [0.1, 0.15) is 11.5 Å². The topological polar surface area (TPSA) is 85.3 Å². The van der Waals surface area contributed by atoms with Gasteiger partial charge in [-0.05, 0) is 48.9 Å². The normalized spacial score (nSPS) is 9.76. The van der Waals surface area contributed by atoms with Crippen LogP contribution in [-0.4, -0.2) is 13.1 Å². The van der Waals surface area contributed by atoms with Crippen molar-refractivity contribution in [2.24, 2.45) is 0 Å². The van der Waals surface area contributed by atoms with Crippen LogP contribution in [0.15, 0.2) is 36.4 Å². The summed E-state index contributed by atoms with van der Waals surface area (Å²) >= 11 is 0. The van der Waals surface area contributed by atoms with E-state index in [4.69, 9.17) is 20.5 Å². The highest BCUT2D eigenvalue weighted by Crippen LogP contribution is 2.28. The second-order valence-electron chi connectivity index (χ2n) is 4.43. The van der Waals surface area contributed by atoms with Gasteiger partial charge >= 0.3 is 5.97 Å². The molecule has 0 unspecified atom stereocenters. The Balaban J connectivity index is 2.33. The molecule has 0 aromatic heterocycles. The maximum absolute atomic E-state index is 11.7. The number of nitrogen functional groups attached to an aromatic ring is 1. The van der Waals surface area contributed by atoms with Crippen LogP contribution in [-0.2, 0) is 4.74 Å². The zero-order valence-corrected chi connectivity index (χ0v) is 11.7. The molecule has 5 heteroatoms. The third kappa shape index (κ3) is 3.12. The van der Waals surface area contributed by atoms with E-state index < -0.39 is 5.97 Å². The van der Waals surface area contributed by atoms with Crippen LogP contribution in [0.3, 0.4) is 0 Å². The Kier molecular flexibility index (Phi) is 4.10. The molecule has 0 bridgehead atoms. The van der Waals surface area contributed by atoms with Crippen LogP contribution < -0.4 is 10.5 Å². The lowest BCUT2D eigenvalue weighted by atomic mass is 10.1. The van der Waals surface area contributed by atoms with Gasteiger partial charge in [-0.3, -0.25) is 0 Å². The van der Waals surface area contributed by atoms with E-state index in [1.165, 1.54) is 13.2 Å². The van der Waals surface area contributed by atoms with Gasteiger partial charge in [-0.25, -0.2) is 4.79 Å². The number of carbonyl (C=O) groups excluding carboxylic acids is 1. The molecule has 2 aromatic rings. The smallest absolute Gasteiger partial charge is 0.340 e. The molecule has 0 aliphatic heterocycles. The van der Waals surface area contributed by atoms with Gasteiger partial charge in [0.05, 0.1) is 24.3 Å². The van der Waals surface area contributed by atoms with E-state index in [0.717, 1.165) is 5.56 Å². The van der Waals surface area contributed by atoms with Gasteiger partial charge in [0.25, 0.3) is 0 Å². The maximum atomic E-state index is 11.7. The molecule has 0 saturated heterocycles. The standard InChI is InChI=1S/C16H14N2O3/c1-10-7-13(8-14(15(10)18)16(19)20-2)21-12-5-3-11(9-17)4-6-12/h3-8H,18H2,1-2H3. The number of hydrogen-bond donors (Lipinski definition) is 1. The Morgan fingerprint density at radius 2 is 1.86 bits per heavy atom. The monoisotopic (exact) mass is 282 g/mol. The molecule has 5 nitrogen and oxygen atoms in total. The summed E-state index contributed by atoms with van der Waals surface area (Å²) in [5.74, 6) is 0.529. The molecular weight excluding hydrogens is 268 g/mol. The Labute approximate surface area is 122 Å². The number of benzene rings is 2. The molecule has 0 aliphatic carbocycles. The highest BCUT2D eigenvalue weighted by atomic mass is 16.5. The van der Waals surface area contributed by atoms with Crippen LogP contribution in [0.5, 0.6) is 11.5 Å². The molecule has 0 saturated carbocycles. The fraction of sp³-hybridized carbons (Fsp3) is 0.125. The molecule has 2 rings (SSSR count). The third-order valence-corrected chi connectivity index (χ3v) is 2.98. The average molecular weight is 282 g/mol. The van der Waals surface area contributed by atoms with E-state index >= 15 is 0 Å². The number of rotatable bonds is 3. The zero-order valence-electron chi connectivity index (χ0n) is 11.7. The van der Waals surface area contributed by atoms with Crippen molar-refractivity contribution in [3.63, 3.8) is 0 Å². The molecule has 2 N–H and O–H groups in total. The van der Waals surface area contributed by atoms with E-state index in [-0.39, 0.29) is 5.56 Å². The summed E-state index contributed by atoms with van der Waals surface area (Å²) in [6.07, 6.45) is 0. The number of carbonyl (C=O) groups is 1. The first-order valence-electron chi connectivity index (χ1n) is 6.21. The molecule has 21 heavy (non-hydrogen) atoms. The maximum Gasteiger partial charge on any atom is 0.340 e. The first kappa shape index (κ1) is 14.4. The first-order chi connectivity index (χ1) is 10.0. The minimum atomic E-state index is -0.513. The minimum absolute atomic E-state index is 0.265. The summed E-state index contributed by atoms with van der Waals surface area (Å²) in [6.45, 7) is 1.79. The molecule has 0 radical (unpaired) electrons. The summed E-state index contributed by atoms with van der Waals surface area (Å²) in [6, 6.07) is 12.0. The van der Waals surface area contributed by atoms with E-state index in [1.54, 1.807) is 37.3 Å². The van der Waals surface area contributed by atoms with Crippen LogP contribution in [0.25, 0.3) is 0 Å². The molecule has 0 amide bonds. The van der Waals surface area contributed by atoms with Crippen LogP contribution in [0, 0.1) is 18.3 Å². The van der Waals surface area contributed by atoms with Crippen molar-refractivity contribution >= 4 is 11.7 Å². The fourth-order valence-corrected chi connectivity index (χ4v) is 1.84. The Morgan fingerprint density at radius 1 is 1.19 bits per heavy atom. The van der Waals surface area contributed by atoms with E-state index in [0.29, 0.717) is 22.7 Å². The van der Waals surface area contributed by atoms with Crippen LogP contribution in [0.2, 0.25) is 0 Å². The lowest BCUT2D eigenvalue weighted by molar-refractivity contribution is 0.0601. The number of ether oxygens (including phenoxy) is 2. The molecule has 2 aromatic carbocycles. The third-order valence-electron chi connectivity index (χ3n) is 2.98. The number of methoxy groups -OCH3 is 1. The van der Waals surface area contributed by atoms with Crippen LogP contribution >= 0.6 is 0 Å². The summed E-state index contributed by atoms with van der Waals surface area (Å²) in [5, 5.41) is 8.75. The van der Waals surface area contributed by atoms with Gasteiger partial charge in [0.2, 0.25) is 0 Å². The number of nitrogens with zero attached hydrogens (tertiary/aromatic N) is 1. The quantitative estimate of drug-likeness (QED) is 0.690. The SMILES string of the molecule is COC(=O)c1cc(Oc2ccc(C#N)cc2)cc(C)c1N. The molecule has 0 aliphatic rings. The average Bonchev–Trinajstić information content (AvgIpc) is 2.50. The van der Waals surface area contributed by atoms with E-state index in [1.807, 2.05) is 6.07 Å². The lowest BCUT2D eigenvalue weighted by Gasteiger charge is -2.11. The zero-order chi connectivity index (χ0) is 15.4. The first-order valence-corrected chi connectivity index (χ1v) is 6.21. The summed E-state index contributed by atoms with van der Waals surface area (Å²) in [4.78, 5) is 11.7. The lowest BCUT2D eigenvalue weighted by Crippen LogP contribution is -2.07. The van der Waals surface area contributed by atoms with Gasteiger partial charge in [-0.15, -0.1) is 0 Å². The number of hydrogen-bond acceptors (Lipinski definition) is 5. The molecule has 0 atom stereocenters. The minimum Gasteiger partial charge on any atom is -0.465 e. The van der Waals surface area contributed by atoms with Gasteiger partial charge in [-0.1, -0.05) is 0 Å². The number of esters is 1. The van der Waals surface area contributed by atoms with E-state index in [2.05, 4.69) is 0 Å². The summed E-state index contributed by atoms with van der Waals surface area (Å²) in [7, 11) is 1.30. The van der Waals surface area contributed by atoms with Crippen molar-refractivity contribution in [1.82, 2.24) is 0 Å². The Morgan fingerprint density at radius 3 is 2.43 bits per heavy atom. The van der Waals surface area contributed by atoms with Crippen molar-refractivity contribution in [2.75, 3.05) is 12.8 Å². The fourth-order valence-electron chi connectivity index (χ4n) is 1.84.